The lowest BCUT2D eigenvalue weighted by Crippen LogP contribution is -2.13. The molecule has 76 valence electrons. The number of alkyl halides is 2. The maximum Gasteiger partial charge on any atom is 0.334 e. The number of hydrogen-bond donors (Lipinski definition) is 2. The van der Waals surface area contributed by atoms with Crippen LogP contribution in [0, 0.1) is 10.1 Å². The van der Waals surface area contributed by atoms with E-state index in [1.54, 1.807) is 4.98 Å². The maximum atomic E-state index is 12.3. The van der Waals surface area contributed by atoms with Crippen molar-refractivity contribution >= 4 is 11.5 Å². The molecule has 0 aromatic carbocycles. The number of rotatable bonds is 2. The number of aromatic amines is 1. The molecule has 3 N–H and O–H groups in total. The van der Waals surface area contributed by atoms with E-state index in [-0.39, 0.29) is 0 Å². The lowest BCUT2D eigenvalue weighted by atomic mass is 10.2. The van der Waals surface area contributed by atoms with Gasteiger partial charge in [-0.2, -0.15) is 0 Å². The molecule has 0 aliphatic rings. The number of nitrogens with one attached hydrogen (secondary N) is 1. The van der Waals surface area contributed by atoms with Crippen LogP contribution in [0.15, 0.2) is 10.9 Å². The van der Waals surface area contributed by atoms with E-state index in [2.05, 4.69) is 0 Å². The van der Waals surface area contributed by atoms with Gasteiger partial charge in [-0.05, 0) is 4.92 Å². The van der Waals surface area contributed by atoms with Crippen LogP contribution in [0.4, 0.5) is 20.3 Å². The SMILES string of the molecule is Nc1cc(=O)[nH]c([N+](=O)[O-])c1C(F)F. The minimum absolute atomic E-state index is 0.588. The van der Waals surface area contributed by atoms with Crippen LogP contribution in [0.2, 0.25) is 0 Å². The Balaban J connectivity index is 3.52. The second kappa shape index (κ2) is 3.40. The summed E-state index contributed by atoms with van der Waals surface area (Å²) < 4.78 is 24.5. The molecular weight excluding hydrogens is 200 g/mol. The number of halogens is 2. The first-order valence-corrected chi connectivity index (χ1v) is 3.38. The molecule has 1 aromatic heterocycles. The highest BCUT2D eigenvalue weighted by atomic mass is 19.3. The Morgan fingerprint density at radius 3 is 2.57 bits per heavy atom. The van der Waals surface area contributed by atoms with Crippen molar-refractivity contribution in [1.29, 1.82) is 0 Å². The first kappa shape index (κ1) is 10.1. The second-order valence-electron chi connectivity index (χ2n) is 2.41. The zero-order valence-electron chi connectivity index (χ0n) is 6.66. The number of nitrogens with two attached hydrogens (primary N) is 1. The standard InChI is InChI=1S/C6H5F2N3O3/c7-5(8)4-2(9)1-3(12)10-6(4)11(13)14/h1,5H,(H3,9,10,12). The molecule has 0 fully saturated rings. The average molecular weight is 205 g/mol. The predicted molar refractivity (Wildman–Crippen MR) is 43.1 cm³/mol. The molecule has 0 amide bonds. The van der Waals surface area contributed by atoms with Gasteiger partial charge in [-0.15, -0.1) is 0 Å². The molecule has 0 radical (unpaired) electrons. The van der Waals surface area contributed by atoms with Crippen molar-refractivity contribution in [3.8, 4) is 0 Å². The lowest BCUT2D eigenvalue weighted by Gasteiger charge is -2.04. The summed E-state index contributed by atoms with van der Waals surface area (Å²) in [5, 5.41) is 10.3. The van der Waals surface area contributed by atoms with Crippen molar-refractivity contribution in [2.75, 3.05) is 5.73 Å². The van der Waals surface area contributed by atoms with Gasteiger partial charge in [0.25, 0.3) is 6.43 Å². The van der Waals surface area contributed by atoms with Crippen LogP contribution in [0.1, 0.15) is 12.0 Å². The van der Waals surface area contributed by atoms with Crippen LogP contribution < -0.4 is 11.3 Å². The van der Waals surface area contributed by atoms with Crippen molar-refractivity contribution in [3.63, 3.8) is 0 Å². The van der Waals surface area contributed by atoms with E-state index in [9.17, 15) is 23.7 Å². The number of H-pyrrole nitrogens is 1. The molecule has 1 aromatic rings. The van der Waals surface area contributed by atoms with Crippen LogP contribution in [0.25, 0.3) is 0 Å². The highest BCUT2D eigenvalue weighted by Crippen LogP contribution is 2.30. The summed E-state index contributed by atoms with van der Waals surface area (Å²) in [4.78, 5) is 21.6. The first-order valence-electron chi connectivity index (χ1n) is 3.38. The number of aromatic nitrogens is 1. The van der Waals surface area contributed by atoms with Gasteiger partial charge in [0.2, 0.25) is 0 Å². The molecule has 0 saturated carbocycles. The summed E-state index contributed by atoms with van der Waals surface area (Å²) in [6.07, 6.45) is -3.10. The molecule has 8 heteroatoms. The fraction of sp³-hybridized carbons (Fsp3) is 0.167. The van der Waals surface area contributed by atoms with E-state index in [1.807, 2.05) is 0 Å². The molecule has 14 heavy (non-hydrogen) atoms. The number of pyridine rings is 1. The number of nitrogen functional groups attached to an aromatic ring is 1. The first-order chi connectivity index (χ1) is 6.43. The molecule has 0 spiro atoms. The number of hydrogen-bond acceptors (Lipinski definition) is 4. The Morgan fingerprint density at radius 1 is 1.57 bits per heavy atom. The van der Waals surface area contributed by atoms with Crippen molar-refractivity contribution < 1.29 is 13.7 Å². The molecule has 0 bridgehead atoms. The van der Waals surface area contributed by atoms with Crippen LogP contribution in [0.5, 0.6) is 0 Å². The third kappa shape index (κ3) is 1.68. The largest absolute Gasteiger partial charge is 0.398 e. The van der Waals surface area contributed by atoms with E-state index in [1.165, 1.54) is 0 Å². The van der Waals surface area contributed by atoms with Gasteiger partial charge in [0.15, 0.2) is 0 Å². The summed E-state index contributed by atoms with van der Waals surface area (Å²) in [5.74, 6) is -1.06. The normalized spacial score (nSPS) is 10.5. The van der Waals surface area contributed by atoms with Gasteiger partial charge < -0.3 is 15.8 Å². The van der Waals surface area contributed by atoms with Crippen LogP contribution >= 0.6 is 0 Å². The van der Waals surface area contributed by atoms with Gasteiger partial charge in [0.05, 0.1) is 11.8 Å². The predicted octanol–water partition coefficient (Wildman–Crippen LogP) is 0.803. The molecule has 6 nitrogen and oxygen atoms in total. The molecule has 0 atom stereocenters. The van der Waals surface area contributed by atoms with Crippen molar-refractivity contribution in [2.24, 2.45) is 0 Å². The van der Waals surface area contributed by atoms with Crippen LogP contribution in [-0.2, 0) is 0 Å². The molecule has 0 aliphatic carbocycles. The molecule has 1 rings (SSSR count). The highest BCUT2D eigenvalue weighted by molar-refractivity contribution is 5.54. The van der Waals surface area contributed by atoms with Gasteiger partial charge in [-0.3, -0.25) is 0 Å². The van der Waals surface area contributed by atoms with E-state index in [0.29, 0.717) is 6.07 Å². The van der Waals surface area contributed by atoms with E-state index < -0.39 is 34.0 Å². The fourth-order valence-corrected chi connectivity index (χ4v) is 0.949. The van der Waals surface area contributed by atoms with Gasteiger partial charge in [-0.1, -0.05) is 0 Å². The zero-order chi connectivity index (χ0) is 10.9. The second-order valence-corrected chi connectivity index (χ2v) is 2.41. The molecular formula is C6H5F2N3O3. The Bertz CT molecular complexity index is 429. The lowest BCUT2D eigenvalue weighted by molar-refractivity contribution is -0.391. The Morgan fingerprint density at radius 2 is 2.14 bits per heavy atom. The Kier molecular flexibility index (Phi) is 2.45. The van der Waals surface area contributed by atoms with E-state index in [4.69, 9.17) is 5.73 Å². The van der Waals surface area contributed by atoms with Crippen LogP contribution in [0.3, 0.4) is 0 Å². The molecule has 0 saturated heterocycles. The average Bonchev–Trinajstić information content (AvgIpc) is 2.01. The van der Waals surface area contributed by atoms with E-state index in [0.717, 1.165) is 0 Å². The quantitative estimate of drug-likeness (QED) is 0.550. The van der Waals surface area contributed by atoms with Crippen molar-refractivity contribution in [1.82, 2.24) is 4.98 Å². The fourth-order valence-electron chi connectivity index (χ4n) is 0.949. The Labute approximate surface area is 75.5 Å². The van der Waals surface area contributed by atoms with Crippen LogP contribution in [-0.4, -0.2) is 9.91 Å². The number of nitrogens with zero attached hydrogens (tertiary/aromatic N) is 1. The summed E-state index contributed by atoms with van der Waals surface area (Å²) in [5.41, 5.74) is 2.62. The monoisotopic (exact) mass is 205 g/mol. The van der Waals surface area contributed by atoms with Crippen molar-refractivity contribution in [3.05, 3.63) is 32.1 Å². The smallest absolute Gasteiger partial charge is 0.334 e. The summed E-state index contributed by atoms with van der Waals surface area (Å²) in [6, 6.07) is 0.675. The van der Waals surface area contributed by atoms with Gasteiger partial charge in [-0.25, -0.2) is 18.6 Å². The van der Waals surface area contributed by atoms with E-state index >= 15 is 0 Å². The van der Waals surface area contributed by atoms with Crippen molar-refractivity contribution in [2.45, 2.75) is 6.43 Å². The van der Waals surface area contributed by atoms with Gasteiger partial charge in [0.1, 0.15) is 5.56 Å². The molecule has 0 aliphatic heterocycles. The minimum Gasteiger partial charge on any atom is -0.398 e. The zero-order valence-corrected chi connectivity index (χ0v) is 6.66. The number of anilines is 1. The number of nitro groups is 1. The summed E-state index contributed by atoms with van der Waals surface area (Å²) >= 11 is 0. The van der Waals surface area contributed by atoms with Gasteiger partial charge in [0, 0.05) is 0 Å². The minimum atomic E-state index is -3.10. The maximum absolute atomic E-state index is 12.3. The molecule has 0 unspecified atom stereocenters. The van der Waals surface area contributed by atoms with Gasteiger partial charge >= 0.3 is 11.4 Å². The Hall–Kier alpha value is -1.99. The third-order valence-corrected chi connectivity index (χ3v) is 1.50. The molecule has 1 heterocycles. The third-order valence-electron chi connectivity index (χ3n) is 1.50. The topological polar surface area (TPSA) is 102 Å². The summed E-state index contributed by atoms with van der Waals surface area (Å²) in [7, 11) is 0. The highest BCUT2D eigenvalue weighted by Gasteiger charge is 2.25. The summed E-state index contributed by atoms with van der Waals surface area (Å²) in [6.45, 7) is 0.